The van der Waals surface area contributed by atoms with Gasteiger partial charge in [-0.3, -0.25) is 4.79 Å². The minimum atomic E-state index is -3.63. The lowest BCUT2D eigenvalue weighted by atomic mass is 9.94. The van der Waals surface area contributed by atoms with Crippen LogP contribution in [0.1, 0.15) is 35.7 Å². The van der Waals surface area contributed by atoms with E-state index in [0.717, 1.165) is 19.1 Å². The van der Waals surface area contributed by atoms with Crippen LogP contribution >= 0.6 is 0 Å². The number of hydrogen-bond acceptors (Lipinski definition) is 7. The normalized spacial score (nSPS) is 16.5. The zero-order valence-corrected chi connectivity index (χ0v) is 17.4. The molecular weight excluding hydrogens is 388 g/mol. The van der Waals surface area contributed by atoms with Gasteiger partial charge >= 0.3 is 0 Å². The van der Waals surface area contributed by atoms with Gasteiger partial charge in [0, 0.05) is 30.3 Å². The highest BCUT2D eigenvalue weighted by atomic mass is 32.2. The van der Waals surface area contributed by atoms with Gasteiger partial charge < -0.3 is 20.4 Å². The molecular formula is C18H24N2O5S2. The number of Topliss-reactive ketones (excluding diaryl/α,β-unsaturated/α-hetero) is 1. The van der Waals surface area contributed by atoms with E-state index in [2.05, 4.69) is 5.32 Å². The fourth-order valence-electron chi connectivity index (χ4n) is 2.83. The quantitative estimate of drug-likeness (QED) is 0.197. The van der Waals surface area contributed by atoms with Crippen molar-refractivity contribution < 1.29 is 22.9 Å². The Balaban J connectivity index is 2.67. The second-order valence-corrected chi connectivity index (χ2v) is 10.1. The second-order valence-electron chi connectivity index (χ2n) is 6.46. The van der Waals surface area contributed by atoms with Crippen molar-refractivity contribution in [1.29, 1.82) is 5.41 Å². The van der Waals surface area contributed by atoms with E-state index < -0.39 is 32.7 Å². The maximum Gasteiger partial charge on any atom is 0.200 e. The van der Waals surface area contributed by atoms with E-state index in [-0.39, 0.29) is 43.9 Å². The average molecular weight is 413 g/mol. The van der Waals surface area contributed by atoms with Crippen LogP contribution < -0.4 is 5.32 Å². The highest BCUT2D eigenvalue weighted by molar-refractivity contribution is 7.94. The van der Waals surface area contributed by atoms with E-state index in [0.29, 0.717) is 0 Å². The maximum atomic E-state index is 13.1. The predicted octanol–water partition coefficient (Wildman–Crippen LogP) is 2.13. The minimum Gasteiger partial charge on any atom is -0.611 e. The molecule has 148 valence electrons. The first-order valence-electron chi connectivity index (χ1n) is 8.51. The molecule has 0 bridgehead atoms. The van der Waals surface area contributed by atoms with E-state index in [4.69, 9.17) is 5.41 Å². The van der Waals surface area contributed by atoms with Crippen LogP contribution in [0.4, 0.5) is 0 Å². The Kier molecular flexibility index (Phi) is 6.39. The number of carbonyl (C=O) groups excluding carboxylic acids is 1. The summed E-state index contributed by atoms with van der Waals surface area (Å²) in [5, 5.41) is 20.9. The molecule has 9 heteroatoms. The molecule has 0 saturated heterocycles. The Labute approximate surface area is 162 Å². The van der Waals surface area contributed by atoms with Crippen molar-refractivity contribution >= 4 is 32.5 Å². The largest absolute Gasteiger partial charge is 0.611 e. The van der Waals surface area contributed by atoms with Gasteiger partial charge in [-0.1, -0.05) is 0 Å². The summed E-state index contributed by atoms with van der Waals surface area (Å²) in [6.45, 7) is 3.20. The smallest absolute Gasteiger partial charge is 0.200 e. The number of allylic oxidation sites excluding steroid dienone is 1. The second kappa shape index (κ2) is 8.04. The molecule has 1 atom stereocenters. The van der Waals surface area contributed by atoms with Gasteiger partial charge in [0.15, 0.2) is 20.6 Å². The SMILES string of the molecule is CC[S+]([O-])c1c(S(C)(=O)=O)ccc(C(=O)/C(C(=N)C2CC2)=C(\O)NC)c1C. The number of aliphatic hydroxyl groups is 1. The lowest BCUT2D eigenvalue weighted by Gasteiger charge is -2.18. The monoisotopic (exact) mass is 412 g/mol. The summed E-state index contributed by atoms with van der Waals surface area (Å²) in [5.74, 6) is -0.866. The summed E-state index contributed by atoms with van der Waals surface area (Å²) >= 11 is -1.60. The molecule has 1 unspecified atom stereocenters. The van der Waals surface area contributed by atoms with Gasteiger partial charge in [0.1, 0.15) is 16.2 Å². The molecule has 0 radical (unpaired) electrons. The molecule has 1 aromatic rings. The predicted molar refractivity (Wildman–Crippen MR) is 105 cm³/mol. The van der Waals surface area contributed by atoms with Crippen molar-refractivity contribution in [3.05, 3.63) is 34.7 Å². The van der Waals surface area contributed by atoms with Gasteiger partial charge in [-0.15, -0.1) is 0 Å². The fourth-order valence-corrected chi connectivity index (χ4v) is 5.40. The Hall–Kier alpha value is -1.84. The summed E-state index contributed by atoms with van der Waals surface area (Å²) in [7, 11) is -2.19. The molecule has 3 N–H and O–H groups in total. The highest BCUT2D eigenvalue weighted by Crippen LogP contribution is 2.35. The number of rotatable bonds is 8. The summed E-state index contributed by atoms with van der Waals surface area (Å²) in [6, 6.07) is 2.63. The Morgan fingerprint density at radius 1 is 1.41 bits per heavy atom. The summed E-state index contributed by atoms with van der Waals surface area (Å²) < 4.78 is 36.7. The number of ketones is 1. The molecule has 1 aliphatic rings. The molecule has 0 amide bonds. The first kappa shape index (κ1) is 21.5. The molecule has 27 heavy (non-hydrogen) atoms. The number of sulfone groups is 1. The summed E-state index contributed by atoms with van der Waals surface area (Å²) in [5.41, 5.74) is 0.328. The third kappa shape index (κ3) is 4.36. The van der Waals surface area contributed by atoms with Crippen LogP contribution in [0.5, 0.6) is 0 Å². The van der Waals surface area contributed by atoms with Crippen molar-refractivity contribution in [3.8, 4) is 0 Å². The van der Waals surface area contributed by atoms with Crippen LogP contribution in [-0.4, -0.2) is 48.6 Å². The summed E-state index contributed by atoms with van der Waals surface area (Å²) in [6.07, 6.45) is 2.59. The molecule has 1 fully saturated rings. The van der Waals surface area contributed by atoms with Crippen molar-refractivity contribution in [3.63, 3.8) is 0 Å². The molecule has 1 aliphatic carbocycles. The Bertz CT molecular complexity index is 918. The van der Waals surface area contributed by atoms with Gasteiger partial charge in [0.2, 0.25) is 5.78 Å². The molecule has 1 saturated carbocycles. The Morgan fingerprint density at radius 2 is 2.00 bits per heavy atom. The van der Waals surface area contributed by atoms with Crippen LogP contribution in [0.25, 0.3) is 0 Å². The van der Waals surface area contributed by atoms with Crippen LogP contribution in [0.15, 0.2) is 33.4 Å². The lowest BCUT2D eigenvalue weighted by molar-refractivity contribution is 0.103. The molecule has 0 spiro atoms. The third-order valence-corrected chi connectivity index (χ3v) is 7.23. The number of aliphatic hydroxyl groups excluding tert-OH is 1. The van der Waals surface area contributed by atoms with E-state index in [9.17, 15) is 22.9 Å². The van der Waals surface area contributed by atoms with Crippen molar-refractivity contribution in [1.82, 2.24) is 5.32 Å². The fraction of sp³-hybridized carbons (Fsp3) is 0.444. The first-order chi connectivity index (χ1) is 12.5. The molecule has 0 aromatic heterocycles. The third-order valence-electron chi connectivity index (χ3n) is 4.46. The average Bonchev–Trinajstić information content (AvgIpc) is 3.44. The van der Waals surface area contributed by atoms with Crippen molar-refractivity contribution in [2.45, 2.75) is 36.5 Å². The number of nitrogens with one attached hydrogen (secondary N) is 2. The molecule has 1 aromatic carbocycles. The van der Waals surface area contributed by atoms with E-state index >= 15 is 0 Å². The van der Waals surface area contributed by atoms with Crippen LogP contribution in [0.3, 0.4) is 0 Å². The van der Waals surface area contributed by atoms with E-state index in [1.807, 2.05) is 0 Å². The van der Waals surface area contributed by atoms with Gasteiger partial charge in [-0.25, -0.2) is 8.42 Å². The first-order valence-corrected chi connectivity index (χ1v) is 11.7. The van der Waals surface area contributed by atoms with Crippen molar-refractivity contribution in [2.24, 2.45) is 5.92 Å². The molecule has 7 nitrogen and oxygen atoms in total. The van der Waals surface area contributed by atoms with E-state index in [1.54, 1.807) is 13.8 Å². The van der Waals surface area contributed by atoms with Crippen LogP contribution in [-0.2, 0) is 21.0 Å². The van der Waals surface area contributed by atoms with Gasteiger partial charge in [0.05, 0.1) is 5.71 Å². The van der Waals surface area contributed by atoms with Crippen LogP contribution in [0.2, 0.25) is 0 Å². The maximum absolute atomic E-state index is 13.1. The summed E-state index contributed by atoms with van der Waals surface area (Å²) in [4.78, 5) is 13.1. The van der Waals surface area contributed by atoms with Crippen molar-refractivity contribution in [2.75, 3.05) is 19.1 Å². The zero-order chi connectivity index (χ0) is 20.5. The van der Waals surface area contributed by atoms with Gasteiger partial charge in [-0.2, -0.15) is 0 Å². The topological polar surface area (TPSA) is 130 Å². The van der Waals surface area contributed by atoms with E-state index in [1.165, 1.54) is 19.2 Å². The number of benzene rings is 1. The number of carbonyl (C=O) groups is 1. The Morgan fingerprint density at radius 3 is 2.44 bits per heavy atom. The molecule has 0 heterocycles. The van der Waals surface area contributed by atoms with Gasteiger partial charge in [-0.05, 0) is 50.0 Å². The minimum absolute atomic E-state index is 0.0524. The molecule has 0 aliphatic heterocycles. The highest BCUT2D eigenvalue weighted by Gasteiger charge is 2.35. The lowest BCUT2D eigenvalue weighted by Crippen LogP contribution is -2.23. The number of hydrogen-bond donors (Lipinski definition) is 3. The van der Waals surface area contributed by atoms with Crippen LogP contribution in [0, 0.1) is 18.3 Å². The standard InChI is InChI=1S/C18H24N2O5S2/c1-5-26(23)17-10(2)12(8-9-13(17)27(4,24)25)16(21)14(18(22)20-3)15(19)11-6-7-11/h8-9,11,19-20,22H,5-7H2,1-4H3/b18-14-,19-15?. The van der Waals surface area contributed by atoms with Gasteiger partial charge in [0.25, 0.3) is 0 Å². The zero-order valence-electron chi connectivity index (χ0n) is 15.8. The molecule has 2 rings (SSSR count).